The van der Waals surface area contributed by atoms with Crippen molar-refractivity contribution in [2.75, 3.05) is 6.61 Å². The van der Waals surface area contributed by atoms with Gasteiger partial charge in [-0.05, 0) is 11.1 Å². The second kappa shape index (κ2) is 7.91. The highest BCUT2D eigenvalue weighted by Crippen LogP contribution is 2.40. The molecule has 3 aliphatic heterocycles. The molecule has 2 aromatic rings. The minimum atomic E-state index is -0.503. The summed E-state index contributed by atoms with van der Waals surface area (Å²) in [6.45, 7) is -0.136. The number of hydrogen-bond acceptors (Lipinski definition) is 6. The Balaban J connectivity index is 1.27. The maximum atomic E-state index is 9.79. The van der Waals surface area contributed by atoms with Crippen LogP contribution >= 0.6 is 0 Å². The zero-order valence-electron chi connectivity index (χ0n) is 15.4. The van der Waals surface area contributed by atoms with Crippen LogP contribution in [0.1, 0.15) is 11.1 Å². The van der Waals surface area contributed by atoms with Gasteiger partial charge in [-0.2, -0.15) is 0 Å². The fraction of sp³-hybridized carbons (Fsp3) is 0.455. The second-order valence-electron chi connectivity index (χ2n) is 7.40. The summed E-state index contributed by atoms with van der Waals surface area (Å²) in [6, 6.07) is 20.1. The van der Waals surface area contributed by atoms with Gasteiger partial charge >= 0.3 is 0 Å². The molecule has 3 aliphatic rings. The molecular formula is C22H24O6. The highest BCUT2D eigenvalue weighted by molar-refractivity contribution is 5.16. The van der Waals surface area contributed by atoms with E-state index in [1.807, 2.05) is 60.7 Å². The summed E-state index contributed by atoms with van der Waals surface area (Å²) in [5, 5.41) is 9.79. The fourth-order valence-corrected chi connectivity index (χ4v) is 4.15. The maximum Gasteiger partial charge on any atom is 0.190 e. The standard InChI is InChI=1S/C22H24O6/c23-13-16-19-20(25-17(24-16)11-14-7-3-1-4-8-14)21-22(28-19)27-18(26-21)12-15-9-5-2-6-10-15/h1-10,16-23H,11-13H2. The first kappa shape index (κ1) is 18.2. The first-order chi connectivity index (χ1) is 13.8. The highest BCUT2D eigenvalue weighted by atomic mass is 16.8. The van der Waals surface area contributed by atoms with E-state index in [1.54, 1.807) is 0 Å². The van der Waals surface area contributed by atoms with Crippen LogP contribution in [0.4, 0.5) is 0 Å². The van der Waals surface area contributed by atoms with E-state index in [2.05, 4.69) is 0 Å². The van der Waals surface area contributed by atoms with Crippen LogP contribution in [0.2, 0.25) is 0 Å². The van der Waals surface area contributed by atoms with Crippen molar-refractivity contribution >= 4 is 0 Å². The SMILES string of the molecule is OCC1OC(Cc2ccccc2)OC2C1OC1OC(Cc3ccccc3)OC12. The van der Waals surface area contributed by atoms with Crippen molar-refractivity contribution in [2.24, 2.45) is 0 Å². The predicted molar refractivity (Wildman–Crippen MR) is 99.3 cm³/mol. The van der Waals surface area contributed by atoms with Crippen LogP contribution in [0.5, 0.6) is 0 Å². The van der Waals surface area contributed by atoms with Crippen molar-refractivity contribution in [3.8, 4) is 0 Å². The van der Waals surface area contributed by atoms with Gasteiger partial charge in [0.2, 0.25) is 0 Å². The number of fused-ring (bicyclic) bond motifs is 3. The van der Waals surface area contributed by atoms with Gasteiger partial charge in [-0.25, -0.2) is 0 Å². The molecular weight excluding hydrogens is 360 g/mol. The van der Waals surface area contributed by atoms with Gasteiger partial charge in [-0.15, -0.1) is 0 Å². The van der Waals surface area contributed by atoms with Crippen molar-refractivity contribution in [1.82, 2.24) is 0 Å². The molecule has 0 spiro atoms. The molecule has 28 heavy (non-hydrogen) atoms. The lowest BCUT2D eigenvalue weighted by Crippen LogP contribution is -2.53. The number of aliphatic hydroxyl groups is 1. The molecule has 0 bridgehead atoms. The van der Waals surface area contributed by atoms with E-state index >= 15 is 0 Å². The zero-order valence-corrected chi connectivity index (χ0v) is 15.4. The van der Waals surface area contributed by atoms with Crippen molar-refractivity contribution in [2.45, 2.75) is 56.1 Å². The summed E-state index contributed by atoms with van der Waals surface area (Å²) < 4.78 is 30.2. The Bertz CT molecular complexity index is 769. The molecule has 0 radical (unpaired) electrons. The summed E-state index contributed by atoms with van der Waals surface area (Å²) in [4.78, 5) is 0. The van der Waals surface area contributed by atoms with Crippen molar-refractivity contribution in [3.05, 3.63) is 71.8 Å². The Kier molecular flexibility index (Phi) is 5.15. The molecule has 3 heterocycles. The van der Waals surface area contributed by atoms with Crippen LogP contribution in [-0.2, 0) is 36.5 Å². The van der Waals surface area contributed by atoms with Crippen LogP contribution in [0.25, 0.3) is 0 Å². The molecule has 0 aromatic heterocycles. The largest absolute Gasteiger partial charge is 0.394 e. The minimum absolute atomic E-state index is 0.136. The van der Waals surface area contributed by atoms with Crippen LogP contribution in [0, 0.1) is 0 Å². The van der Waals surface area contributed by atoms with Gasteiger partial charge in [-0.1, -0.05) is 60.7 Å². The Hall–Kier alpha value is -1.80. The summed E-state index contributed by atoms with van der Waals surface area (Å²) >= 11 is 0. The highest BCUT2D eigenvalue weighted by Gasteiger charge is 2.58. The van der Waals surface area contributed by atoms with Crippen molar-refractivity contribution in [3.63, 3.8) is 0 Å². The van der Waals surface area contributed by atoms with E-state index < -0.39 is 24.8 Å². The Labute approximate surface area is 163 Å². The molecule has 0 saturated carbocycles. The average molecular weight is 384 g/mol. The van der Waals surface area contributed by atoms with Gasteiger partial charge in [-0.3, -0.25) is 0 Å². The summed E-state index contributed by atoms with van der Waals surface area (Å²) in [7, 11) is 0. The van der Waals surface area contributed by atoms with Crippen LogP contribution in [0.3, 0.4) is 0 Å². The van der Waals surface area contributed by atoms with E-state index in [0.717, 1.165) is 11.1 Å². The first-order valence-corrected chi connectivity index (χ1v) is 9.76. The molecule has 3 saturated heterocycles. The van der Waals surface area contributed by atoms with E-state index in [4.69, 9.17) is 23.7 Å². The molecule has 7 unspecified atom stereocenters. The number of benzene rings is 2. The van der Waals surface area contributed by atoms with Gasteiger partial charge in [0.05, 0.1) is 6.61 Å². The molecule has 3 fully saturated rings. The molecule has 0 aliphatic carbocycles. The Morgan fingerprint density at radius 2 is 1.18 bits per heavy atom. The third-order valence-electron chi connectivity index (χ3n) is 5.47. The number of rotatable bonds is 5. The van der Waals surface area contributed by atoms with Crippen molar-refractivity contribution in [1.29, 1.82) is 0 Å². The molecule has 0 amide bonds. The number of hydrogen-bond donors (Lipinski definition) is 1. The molecule has 5 rings (SSSR count). The monoisotopic (exact) mass is 384 g/mol. The Morgan fingerprint density at radius 1 is 0.607 bits per heavy atom. The lowest BCUT2D eigenvalue weighted by molar-refractivity contribution is -0.300. The Morgan fingerprint density at radius 3 is 1.79 bits per heavy atom. The van der Waals surface area contributed by atoms with Crippen molar-refractivity contribution < 1.29 is 28.8 Å². The first-order valence-electron chi connectivity index (χ1n) is 9.76. The van der Waals surface area contributed by atoms with E-state index in [0.29, 0.717) is 12.8 Å². The second-order valence-corrected chi connectivity index (χ2v) is 7.40. The van der Waals surface area contributed by atoms with E-state index in [9.17, 15) is 5.11 Å². The predicted octanol–water partition coefficient (Wildman–Crippen LogP) is 2.04. The van der Waals surface area contributed by atoms with Crippen LogP contribution in [-0.4, -0.2) is 55.0 Å². The number of ether oxygens (including phenoxy) is 5. The summed E-state index contributed by atoms with van der Waals surface area (Å²) in [5.41, 5.74) is 2.26. The molecule has 6 nitrogen and oxygen atoms in total. The van der Waals surface area contributed by atoms with Gasteiger partial charge < -0.3 is 28.8 Å². The van der Waals surface area contributed by atoms with E-state index in [-0.39, 0.29) is 25.1 Å². The smallest absolute Gasteiger partial charge is 0.190 e. The zero-order chi connectivity index (χ0) is 18.9. The number of aliphatic hydroxyl groups excluding tert-OH is 1. The topological polar surface area (TPSA) is 66.4 Å². The van der Waals surface area contributed by atoms with E-state index in [1.165, 1.54) is 0 Å². The van der Waals surface area contributed by atoms with Gasteiger partial charge in [0.25, 0.3) is 0 Å². The summed E-state index contributed by atoms with van der Waals surface area (Å²) in [5.74, 6) is 0. The molecule has 1 N–H and O–H groups in total. The quantitative estimate of drug-likeness (QED) is 0.851. The lowest BCUT2D eigenvalue weighted by atomic mass is 10.0. The minimum Gasteiger partial charge on any atom is -0.394 e. The van der Waals surface area contributed by atoms with Gasteiger partial charge in [0.15, 0.2) is 18.9 Å². The van der Waals surface area contributed by atoms with Crippen LogP contribution in [0.15, 0.2) is 60.7 Å². The molecule has 2 aromatic carbocycles. The lowest BCUT2D eigenvalue weighted by Gasteiger charge is -2.38. The fourth-order valence-electron chi connectivity index (χ4n) is 4.15. The normalized spacial score (nSPS) is 36.8. The van der Waals surface area contributed by atoms with Gasteiger partial charge in [0, 0.05) is 12.8 Å². The third-order valence-corrected chi connectivity index (χ3v) is 5.47. The maximum absolute atomic E-state index is 9.79. The summed E-state index contributed by atoms with van der Waals surface area (Å²) in [6.07, 6.45) is -1.58. The third kappa shape index (κ3) is 3.59. The molecule has 148 valence electrons. The molecule has 7 atom stereocenters. The molecule has 6 heteroatoms. The van der Waals surface area contributed by atoms with Gasteiger partial charge in [0.1, 0.15) is 24.4 Å². The van der Waals surface area contributed by atoms with Crippen LogP contribution < -0.4 is 0 Å². The average Bonchev–Trinajstić information content (AvgIpc) is 3.27.